The number of hydrogen-bond acceptors (Lipinski definition) is 5. The average Bonchev–Trinajstić information content (AvgIpc) is 3.38. The molecule has 4 rings (SSSR count). The third-order valence-electron chi connectivity index (χ3n) is 4.63. The summed E-state index contributed by atoms with van der Waals surface area (Å²) < 4.78 is 12.3. The Labute approximate surface area is 161 Å². The van der Waals surface area contributed by atoms with Crippen molar-refractivity contribution in [2.24, 2.45) is 0 Å². The van der Waals surface area contributed by atoms with Crippen molar-refractivity contribution in [1.82, 2.24) is 19.7 Å². The van der Waals surface area contributed by atoms with Crippen LogP contribution in [-0.2, 0) is 0 Å². The van der Waals surface area contributed by atoms with Gasteiger partial charge in [0.05, 0.1) is 16.8 Å². The van der Waals surface area contributed by atoms with Crippen LogP contribution in [0, 0.1) is 0 Å². The Morgan fingerprint density at radius 3 is 2.74 bits per heavy atom. The molecule has 0 spiro atoms. The summed E-state index contributed by atoms with van der Waals surface area (Å²) in [5.41, 5.74) is 2.36. The number of ether oxygens (including phenoxy) is 2. The number of halogens is 1. The maximum absolute atomic E-state index is 12.9. The highest BCUT2D eigenvalue weighted by atomic mass is 35.5. The third-order valence-corrected chi connectivity index (χ3v) is 4.91. The zero-order valence-electron chi connectivity index (χ0n) is 14.8. The first-order chi connectivity index (χ1) is 13.0. The molecule has 138 valence electrons. The monoisotopic (exact) mass is 384 g/mol. The molecule has 1 unspecified atom stereocenters. The molecule has 7 nitrogen and oxygen atoms in total. The van der Waals surface area contributed by atoms with Crippen molar-refractivity contribution < 1.29 is 14.3 Å². The van der Waals surface area contributed by atoms with Gasteiger partial charge in [0.1, 0.15) is 12.7 Å². The predicted molar refractivity (Wildman–Crippen MR) is 99.4 cm³/mol. The van der Waals surface area contributed by atoms with E-state index < -0.39 is 0 Å². The molecule has 1 amide bonds. The molecule has 0 fully saturated rings. The van der Waals surface area contributed by atoms with E-state index in [0.29, 0.717) is 22.1 Å². The van der Waals surface area contributed by atoms with Crippen LogP contribution < -0.4 is 9.47 Å². The molecule has 0 bridgehead atoms. The summed E-state index contributed by atoms with van der Waals surface area (Å²) in [7, 11) is 1.76. The number of rotatable bonds is 4. The van der Waals surface area contributed by atoms with Gasteiger partial charge in [-0.2, -0.15) is 5.10 Å². The van der Waals surface area contributed by atoms with E-state index in [1.165, 1.54) is 6.33 Å². The van der Waals surface area contributed by atoms with Crippen molar-refractivity contribution in [3.05, 3.63) is 65.2 Å². The molecule has 27 heavy (non-hydrogen) atoms. The summed E-state index contributed by atoms with van der Waals surface area (Å²) in [5.74, 6) is 0.819. The maximum Gasteiger partial charge on any atom is 0.254 e. The van der Waals surface area contributed by atoms with Crippen LogP contribution in [0.5, 0.6) is 11.5 Å². The molecule has 0 radical (unpaired) electrons. The molecule has 8 heteroatoms. The number of aromatic nitrogens is 3. The number of carbonyl (C=O) groups excluding carboxylic acids is 1. The Morgan fingerprint density at radius 2 is 2.04 bits per heavy atom. The number of carbonyl (C=O) groups is 1. The fourth-order valence-electron chi connectivity index (χ4n) is 2.94. The van der Waals surface area contributed by atoms with Gasteiger partial charge in [0.25, 0.3) is 5.91 Å². The first kappa shape index (κ1) is 17.4. The molecule has 1 aliphatic rings. The van der Waals surface area contributed by atoms with Crippen molar-refractivity contribution in [2.75, 3.05) is 13.8 Å². The third kappa shape index (κ3) is 3.21. The van der Waals surface area contributed by atoms with Gasteiger partial charge in [0.2, 0.25) is 6.79 Å². The van der Waals surface area contributed by atoms with Gasteiger partial charge in [-0.05, 0) is 36.8 Å². The number of benzene rings is 2. The van der Waals surface area contributed by atoms with E-state index in [9.17, 15) is 4.79 Å². The zero-order chi connectivity index (χ0) is 19.0. The molecule has 0 N–H and O–H groups in total. The van der Waals surface area contributed by atoms with Gasteiger partial charge in [0, 0.05) is 12.6 Å². The minimum Gasteiger partial charge on any atom is -0.454 e. The van der Waals surface area contributed by atoms with E-state index in [4.69, 9.17) is 21.1 Å². The van der Waals surface area contributed by atoms with Crippen LogP contribution >= 0.6 is 11.6 Å². The van der Waals surface area contributed by atoms with Gasteiger partial charge in [-0.3, -0.25) is 4.79 Å². The van der Waals surface area contributed by atoms with Crippen LogP contribution in [0.4, 0.5) is 0 Å². The normalized spacial score (nSPS) is 13.4. The van der Waals surface area contributed by atoms with Crippen molar-refractivity contribution in [3.63, 3.8) is 0 Å². The van der Waals surface area contributed by atoms with Gasteiger partial charge < -0.3 is 14.4 Å². The zero-order valence-corrected chi connectivity index (χ0v) is 15.6. The Kier molecular flexibility index (Phi) is 4.45. The topological polar surface area (TPSA) is 69.5 Å². The number of amides is 1. The molecule has 1 aliphatic heterocycles. The summed E-state index contributed by atoms with van der Waals surface area (Å²) >= 11 is 6.20. The van der Waals surface area contributed by atoms with Crippen LogP contribution in [0.25, 0.3) is 5.69 Å². The highest BCUT2D eigenvalue weighted by Gasteiger charge is 2.24. The lowest BCUT2D eigenvalue weighted by Gasteiger charge is -2.26. The summed E-state index contributed by atoms with van der Waals surface area (Å²) in [6.07, 6.45) is 3.12. The lowest BCUT2D eigenvalue weighted by molar-refractivity contribution is 0.0742. The molecule has 2 aromatic carbocycles. The van der Waals surface area contributed by atoms with E-state index in [0.717, 1.165) is 11.3 Å². The van der Waals surface area contributed by atoms with E-state index >= 15 is 0 Å². The second kappa shape index (κ2) is 6.92. The fraction of sp³-hybridized carbons (Fsp3) is 0.211. The lowest BCUT2D eigenvalue weighted by atomic mass is 10.1. The van der Waals surface area contributed by atoms with Gasteiger partial charge >= 0.3 is 0 Å². The SMILES string of the molecule is CC(c1ccc(-n2cncn2)cc1)N(C)C(=O)c1cc(Cl)c2c(c1)OCO2. The molecule has 0 saturated carbocycles. The van der Waals surface area contributed by atoms with Crippen molar-refractivity contribution in [2.45, 2.75) is 13.0 Å². The first-order valence-corrected chi connectivity index (χ1v) is 8.73. The Morgan fingerprint density at radius 1 is 1.26 bits per heavy atom. The minimum absolute atomic E-state index is 0.108. The number of hydrogen-bond donors (Lipinski definition) is 0. The second-order valence-corrected chi connectivity index (χ2v) is 6.62. The Balaban J connectivity index is 1.54. The van der Waals surface area contributed by atoms with Crippen molar-refractivity contribution >= 4 is 17.5 Å². The molecule has 2 heterocycles. The molecular weight excluding hydrogens is 368 g/mol. The number of nitrogens with zero attached hydrogens (tertiary/aromatic N) is 4. The highest BCUT2D eigenvalue weighted by Crippen LogP contribution is 2.40. The fourth-order valence-corrected chi connectivity index (χ4v) is 3.21. The largest absolute Gasteiger partial charge is 0.454 e. The maximum atomic E-state index is 12.9. The van der Waals surface area contributed by atoms with E-state index in [1.54, 1.807) is 35.1 Å². The molecule has 0 saturated heterocycles. The molecule has 1 aromatic heterocycles. The van der Waals surface area contributed by atoms with Crippen LogP contribution in [0.1, 0.15) is 28.9 Å². The standard InChI is InChI=1S/C19H17ClN4O3/c1-12(13-3-5-15(6-4-13)24-10-21-9-22-24)23(2)19(25)14-7-16(20)18-17(8-14)26-11-27-18/h3-10,12H,11H2,1-2H3. The number of fused-ring (bicyclic) bond motifs is 1. The summed E-state index contributed by atoms with van der Waals surface area (Å²) in [6.45, 7) is 2.08. The van der Waals surface area contributed by atoms with E-state index in [1.807, 2.05) is 31.2 Å². The second-order valence-electron chi connectivity index (χ2n) is 6.22. The quantitative estimate of drug-likeness (QED) is 0.688. The van der Waals surface area contributed by atoms with Crippen molar-refractivity contribution in [3.8, 4) is 17.2 Å². The average molecular weight is 385 g/mol. The highest BCUT2D eigenvalue weighted by molar-refractivity contribution is 6.32. The molecule has 1 atom stereocenters. The summed E-state index contributed by atoms with van der Waals surface area (Å²) in [5, 5.41) is 4.47. The summed E-state index contributed by atoms with van der Waals surface area (Å²) in [6, 6.07) is 11.0. The predicted octanol–water partition coefficient (Wildman–Crippen LogP) is 3.48. The summed E-state index contributed by atoms with van der Waals surface area (Å²) in [4.78, 5) is 18.5. The van der Waals surface area contributed by atoms with Crippen molar-refractivity contribution in [1.29, 1.82) is 0 Å². The van der Waals surface area contributed by atoms with Gasteiger partial charge in [-0.15, -0.1) is 0 Å². The van der Waals surface area contributed by atoms with Crippen LogP contribution in [0.3, 0.4) is 0 Å². The van der Waals surface area contributed by atoms with Gasteiger partial charge in [-0.1, -0.05) is 23.7 Å². The first-order valence-electron chi connectivity index (χ1n) is 8.36. The van der Waals surface area contributed by atoms with Gasteiger partial charge in [0.15, 0.2) is 11.5 Å². The molecule has 0 aliphatic carbocycles. The van der Waals surface area contributed by atoms with Gasteiger partial charge in [-0.25, -0.2) is 9.67 Å². The van der Waals surface area contributed by atoms with E-state index in [-0.39, 0.29) is 18.7 Å². The minimum atomic E-state index is -0.150. The Hall–Kier alpha value is -3.06. The van der Waals surface area contributed by atoms with Crippen LogP contribution in [-0.4, -0.2) is 39.4 Å². The molecule has 3 aromatic rings. The van der Waals surface area contributed by atoms with Crippen LogP contribution in [0.15, 0.2) is 49.1 Å². The lowest BCUT2D eigenvalue weighted by Crippen LogP contribution is -2.29. The molecular formula is C19H17ClN4O3. The Bertz CT molecular complexity index is 973. The smallest absolute Gasteiger partial charge is 0.254 e. The van der Waals surface area contributed by atoms with Crippen LogP contribution in [0.2, 0.25) is 5.02 Å². The van der Waals surface area contributed by atoms with E-state index in [2.05, 4.69) is 10.1 Å².